The molecule has 0 bridgehead atoms. The Balaban J connectivity index is 1.45. The number of carbonyl (C=O) groups excluding carboxylic acids is 2. The second kappa shape index (κ2) is 10.5. The molecule has 30 heavy (non-hydrogen) atoms. The molecule has 8 nitrogen and oxygen atoms in total. The Labute approximate surface area is 181 Å². The fourth-order valence-electron chi connectivity index (χ4n) is 3.19. The summed E-state index contributed by atoms with van der Waals surface area (Å²) in [5, 5.41) is 9.03. The zero-order chi connectivity index (χ0) is 21.5. The number of piperazine rings is 1. The molecule has 1 saturated heterocycles. The van der Waals surface area contributed by atoms with Gasteiger partial charge in [0, 0.05) is 44.5 Å². The van der Waals surface area contributed by atoms with Crippen LogP contribution in [0.3, 0.4) is 0 Å². The first kappa shape index (κ1) is 22.2. The third-order valence-electron chi connectivity index (χ3n) is 5.02. The maximum absolute atomic E-state index is 12.3. The van der Waals surface area contributed by atoms with E-state index in [0.717, 1.165) is 31.7 Å². The minimum absolute atomic E-state index is 0.0925. The van der Waals surface area contributed by atoms with Crippen LogP contribution in [-0.2, 0) is 16.1 Å². The van der Waals surface area contributed by atoms with Crippen molar-refractivity contribution in [1.82, 2.24) is 15.4 Å². The molecule has 1 aromatic carbocycles. The number of aryl methyl sites for hydroxylation is 1. The number of benzene rings is 1. The van der Waals surface area contributed by atoms with Gasteiger partial charge in [-0.2, -0.15) is 0 Å². The molecule has 1 fully saturated rings. The molecule has 1 aliphatic rings. The summed E-state index contributed by atoms with van der Waals surface area (Å²) in [4.78, 5) is 29.2. The number of hydrogen-bond donors (Lipinski definition) is 2. The second-order valence-corrected chi connectivity index (χ2v) is 8.79. The van der Waals surface area contributed by atoms with Crippen LogP contribution in [0.15, 0.2) is 34.9 Å². The number of rotatable bonds is 8. The highest BCUT2D eigenvalue weighted by Crippen LogP contribution is 2.22. The number of aromatic nitrogens is 1. The van der Waals surface area contributed by atoms with Crippen molar-refractivity contribution in [2.45, 2.75) is 25.6 Å². The molecule has 2 N–H and O–H groups in total. The zero-order valence-corrected chi connectivity index (χ0v) is 18.5. The van der Waals surface area contributed by atoms with Gasteiger partial charge in [0.25, 0.3) is 0 Å². The number of nitrogens with zero attached hydrogens (tertiary/aromatic N) is 3. The van der Waals surface area contributed by atoms with Crippen molar-refractivity contribution in [2.24, 2.45) is 0 Å². The Morgan fingerprint density at radius 3 is 2.67 bits per heavy atom. The van der Waals surface area contributed by atoms with Gasteiger partial charge >= 0.3 is 0 Å². The van der Waals surface area contributed by atoms with Gasteiger partial charge in [0.15, 0.2) is 5.82 Å². The molecule has 0 radical (unpaired) electrons. The van der Waals surface area contributed by atoms with Crippen LogP contribution in [0.2, 0.25) is 0 Å². The molecule has 9 heteroatoms. The molecule has 1 aromatic heterocycles. The quantitative estimate of drug-likeness (QED) is 0.662. The van der Waals surface area contributed by atoms with Crippen molar-refractivity contribution >= 4 is 35.1 Å². The standard InChI is InChI=1S/C21H29N5O3S/c1-15-12-19(24-29-15)23-21(28)16(2)30-14-20(27)22-13-17-6-4-5-7-18(17)26-10-8-25(3)9-11-26/h4-7,12,16H,8-11,13-14H2,1-3H3,(H,22,27)(H,23,24,28). The first-order valence-corrected chi connectivity index (χ1v) is 11.1. The molecule has 0 spiro atoms. The number of anilines is 2. The lowest BCUT2D eigenvalue weighted by Crippen LogP contribution is -2.45. The largest absolute Gasteiger partial charge is 0.369 e. The van der Waals surface area contributed by atoms with Gasteiger partial charge in [0.1, 0.15) is 5.76 Å². The smallest absolute Gasteiger partial charge is 0.238 e. The van der Waals surface area contributed by atoms with E-state index in [1.165, 1.54) is 17.4 Å². The molecule has 1 atom stereocenters. The summed E-state index contributed by atoms with van der Waals surface area (Å²) in [7, 11) is 2.13. The normalized spacial score (nSPS) is 15.6. The van der Waals surface area contributed by atoms with Crippen molar-refractivity contribution in [3.8, 4) is 0 Å². The average molecular weight is 432 g/mol. The Bertz CT molecular complexity index is 864. The Morgan fingerprint density at radius 1 is 1.23 bits per heavy atom. The van der Waals surface area contributed by atoms with Crippen LogP contribution in [-0.4, -0.2) is 66.1 Å². The Morgan fingerprint density at radius 2 is 1.97 bits per heavy atom. The molecule has 0 saturated carbocycles. The third kappa shape index (κ3) is 6.24. The van der Waals surface area contributed by atoms with Gasteiger partial charge < -0.3 is 25.0 Å². The third-order valence-corrected chi connectivity index (χ3v) is 6.17. The Kier molecular flexibility index (Phi) is 7.75. The van der Waals surface area contributed by atoms with Gasteiger partial charge in [-0.1, -0.05) is 23.4 Å². The molecule has 162 valence electrons. The predicted molar refractivity (Wildman–Crippen MR) is 120 cm³/mol. The minimum atomic E-state index is -0.384. The summed E-state index contributed by atoms with van der Waals surface area (Å²) in [6.45, 7) is 8.02. The number of likely N-dealkylation sites (N-methyl/N-ethyl adjacent to an activating group) is 1. The molecule has 3 rings (SSSR count). The lowest BCUT2D eigenvalue weighted by atomic mass is 10.1. The van der Waals surface area contributed by atoms with Crippen LogP contribution in [0.1, 0.15) is 18.2 Å². The first-order valence-electron chi connectivity index (χ1n) is 10.1. The van der Waals surface area contributed by atoms with Crippen LogP contribution in [0, 0.1) is 6.92 Å². The molecule has 2 amide bonds. The topological polar surface area (TPSA) is 90.7 Å². The lowest BCUT2D eigenvalue weighted by Gasteiger charge is -2.35. The molecule has 1 unspecified atom stereocenters. The summed E-state index contributed by atoms with van der Waals surface area (Å²) in [6.07, 6.45) is 0. The molecular formula is C21H29N5O3S. The van der Waals surface area contributed by atoms with Gasteiger partial charge in [-0.15, -0.1) is 11.8 Å². The summed E-state index contributed by atoms with van der Waals surface area (Å²) < 4.78 is 4.93. The SMILES string of the molecule is Cc1cc(NC(=O)C(C)SCC(=O)NCc2ccccc2N2CCN(C)CC2)no1. The van der Waals surface area contributed by atoms with E-state index in [2.05, 4.69) is 44.8 Å². The number of thioether (sulfide) groups is 1. The van der Waals surface area contributed by atoms with E-state index >= 15 is 0 Å². The van der Waals surface area contributed by atoms with Gasteiger partial charge in [0.2, 0.25) is 11.8 Å². The number of nitrogens with one attached hydrogen (secondary N) is 2. The van der Waals surface area contributed by atoms with E-state index < -0.39 is 0 Å². The van der Waals surface area contributed by atoms with Crippen LogP contribution in [0.5, 0.6) is 0 Å². The maximum Gasteiger partial charge on any atom is 0.238 e. The van der Waals surface area contributed by atoms with Crippen molar-refractivity contribution in [3.05, 3.63) is 41.7 Å². The lowest BCUT2D eigenvalue weighted by molar-refractivity contribution is -0.118. The van der Waals surface area contributed by atoms with Crippen LogP contribution in [0.25, 0.3) is 0 Å². The summed E-state index contributed by atoms with van der Waals surface area (Å²) >= 11 is 1.29. The van der Waals surface area contributed by atoms with Gasteiger partial charge in [-0.05, 0) is 32.5 Å². The number of amides is 2. The zero-order valence-electron chi connectivity index (χ0n) is 17.7. The van der Waals surface area contributed by atoms with Crippen LogP contribution < -0.4 is 15.5 Å². The van der Waals surface area contributed by atoms with Crippen molar-refractivity contribution in [3.63, 3.8) is 0 Å². The van der Waals surface area contributed by atoms with E-state index in [1.807, 2.05) is 12.1 Å². The fourth-order valence-corrected chi connectivity index (χ4v) is 3.90. The van der Waals surface area contributed by atoms with Crippen molar-refractivity contribution < 1.29 is 14.1 Å². The van der Waals surface area contributed by atoms with E-state index in [0.29, 0.717) is 18.1 Å². The minimum Gasteiger partial charge on any atom is -0.369 e. The molecular weight excluding hydrogens is 402 g/mol. The molecule has 1 aliphatic heterocycles. The highest BCUT2D eigenvalue weighted by molar-refractivity contribution is 8.01. The average Bonchev–Trinajstić information content (AvgIpc) is 3.15. The van der Waals surface area contributed by atoms with Gasteiger partial charge in [0.05, 0.1) is 11.0 Å². The summed E-state index contributed by atoms with van der Waals surface area (Å²) in [5.74, 6) is 0.923. The van der Waals surface area contributed by atoms with Crippen molar-refractivity contribution in [2.75, 3.05) is 49.2 Å². The fraction of sp³-hybridized carbons (Fsp3) is 0.476. The molecule has 0 aliphatic carbocycles. The van der Waals surface area contributed by atoms with E-state index in [4.69, 9.17) is 4.52 Å². The summed E-state index contributed by atoms with van der Waals surface area (Å²) in [5.41, 5.74) is 2.28. The number of hydrogen-bond acceptors (Lipinski definition) is 7. The van der Waals surface area contributed by atoms with Gasteiger partial charge in [-0.25, -0.2) is 0 Å². The highest BCUT2D eigenvalue weighted by atomic mass is 32.2. The van der Waals surface area contributed by atoms with Crippen molar-refractivity contribution in [1.29, 1.82) is 0 Å². The number of carbonyl (C=O) groups is 2. The van der Waals surface area contributed by atoms with E-state index in [1.54, 1.807) is 19.9 Å². The maximum atomic E-state index is 12.3. The first-order chi connectivity index (χ1) is 14.4. The van der Waals surface area contributed by atoms with Gasteiger partial charge in [-0.3, -0.25) is 9.59 Å². The van der Waals surface area contributed by atoms with E-state index in [9.17, 15) is 9.59 Å². The summed E-state index contributed by atoms with van der Waals surface area (Å²) in [6, 6.07) is 9.84. The monoisotopic (exact) mass is 431 g/mol. The van der Waals surface area contributed by atoms with Crippen LogP contribution in [0.4, 0.5) is 11.5 Å². The predicted octanol–water partition coefficient (Wildman–Crippen LogP) is 2.11. The molecule has 2 heterocycles. The Hall–Kier alpha value is -2.52. The number of para-hydroxylation sites is 1. The van der Waals surface area contributed by atoms with Crippen LogP contribution >= 0.6 is 11.8 Å². The van der Waals surface area contributed by atoms with E-state index in [-0.39, 0.29) is 22.8 Å². The molecule has 2 aromatic rings. The highest BCUT2D eigenvalue weighted by Gasteiger charge is 2.18. The second-order valence-electron chi connectivity index (χ2n) is 7.46.